The van der Waals surface area contributed by atoms with Gasteiger partial charge in [-0.3, -0.25) is 15.6 Å². The lowest BCUT2D eigenvalue weighted by atomic mass is 10.2. The van der Waals surface area contributed by atoms with Crippen molar-refractivity contribution in [3.63, 3.8) is 0 Å². The number of anilines is 1. The van der Waals surface area contributed by atoms with E-state index in [1.807, 2.05) is 4.90 Å². The number of nitrogens with zero attached hydrogens (tertiary/aromatic N) is 2. The average molecular weight is 260 g/mol. The van der Waals surface area contributed by atoms with Crippen molar-refractivity contribution in [2.75, 3.05) is 18.5 Å². The predicted octanol–water partition coefficient (Wildman–Crippen LogP) is 1.63. The number of nitrogens with two attached hydrogens (primary N) is 1. The monoisotopic (exact) mass is 260 g/mol. The second kappa shape index (κ2) is 5.17. The van der Waals surface area contributed by atoms with Crippen LogP contribution in [0.15, 0.2) is 18.3 Å². The first-order valence-electron chi connectivity index (χ1n) is 6.98. The van der Waals surface area contributed by atoms with Crippen LogP contribution in [0.3, 0.4) is 0 Å². The van der Waals surface area contributed by atoms with Crippen LogP contribution in [0.4, 0.5) is 5.69 Å². The summed E-state index contributed by atoms with van der Waals surface area (Å²) in [6.45, 7) is 1.77. The van der Waals surface area contributed by atoms with Crippen molar-refractivity contribution in [1.82, 2.24) is 9.88 Å². The number of nitrogen functional groups attached to an aromatic ring is 1. The van der Waals surface area contributed by atoms with E-state index in [0.29, 0.717) is 17.5 Å². The molecule has 0 aliphatic heterocycles. The quantitative estimate of drug-likeness (QED) is 0.602. The molecular formula is C14H20N4O. The highest BCUT2D eigenvalue weighted by Crippen LogP contribution is 2.34. The fourth-order valence-corrected chi connectivity index (χ4v) is 2.26. The average Bonchev–Trinajstić information content (AvgIpc) is 3.32. The summed E-state index contributed by atoms with van der Waals surface area (Å²) in [7, 11) is 0. The molecule has 0 unspecified atom stereocenters. The molecule has 19 heavy (non-hydrogen) atoms. The molecule has 2 saturated carbocycles. The summed E-state index contributed by atoms with van der Waals surface area (Å²) in [5.74, 6) is 6.83. The number of hydrogen-bond donors (Lipinski definition) is 2. The first kappa shape index (κ1) is 12.4. The molecule has 0 radical (unpaired) electrons. The summed E-state index contributed by atoms with van der Waals surface area (Å²) >= 11 is 0. The molecule has 2 aliphatic rings. The zero-order chi connectivity index (χ0) is 13.2. The van der Waals surface area contributed by atoms with E-state index in [2.05, 4.69) is 10.4 Å². The molecule has 3 rings (SSSR count). The maximum absolute atomic E-state index is 12.5. The standard InChI is InChI=1S/C14H20N4O/c15-17-12-5-6-16-13(7-12)14(19)18(8-10-1-2-10)9-11-3-4-11/h5-7,10-11H,1-4,8-9,15H2,(H,16,17). The van der Waals surface area contributed by atoms with E-state index in [9.17, 15) is 4.79 Å². The van der Waals surface area contributed by atoms with Crippen LogP contribution < -0.4 is 11.3 Å². The van der Waals surface area contributed by atoms with Crippen molar-refractivity contribution in [1.29, 1.82) is 0 Å². The number of amides is 1. The number of nitrogens with one attached hydrogen (secondary N) is 1. The Balaban J connectivity index is 1.72. The van der Waals surface area contributed by atoms with Gasteiger partial charge in [-0.15, -0.1) is 0 Å². The van der Waals surface area contributed by atoms with Gasteiger partial charge < -0.3 is 10.3 Å². The summed E-state index contributed by atoms with van der Waals surface area (Å²) in [6.07, 6.45) is 6.64. The molecule has 102 valence electrons. The van der Waals surface area contributed by atoms with Gasteiger partial charge in [-0.25, -0.2) is 0 Å². The van der Waals surface area contributed by atoms with Gasteiger partial charge in [0.05, 0.1) is 5.69 Å². The van der Waals surface area contributed by atoms with Crippen molar-refractivity contribution >= 4 is 11.6 Å². The lowest BCUT2D eigenvalue weighted by molar-refractivity contribution is 0.0733. The highest BCUT2D eigenvalue weighted by molar-refractivity contribution is 5.93. The van der Waals surface area contributed by atoms with Crippen molar-refractivity contribution < 1.29 is 4.79 Å². The molecule has 0 atom stereocenters. The summed E-state index contributed by atoms with van der Waals surface area (Å²) in [5.41, 5.74) is 3.76. The summed E-state index contributed by atoms with van der Waals surface area (Å²) in [6, 6.07) is 3.47. The number of aromatic nitrogens is 1. The maximum Gasteiger partial charge on any atom is 0.272 e. The molecule has 0 bridgehead atoms. The van der Waals surface area contributed by atoms with Crippen LogP contribution in [-0.2, 0) is 0 Å². The second-order valence-corrected chi connectivity index (χ2v) is 5.67. The molecule has 2 fully saturated rings. The van der Waals surface area contributed by atoms with Crippen LogP contribution >= 0.6 is 0 Å². The number of hydrazine groups is 1. The largest absolute Gasteiger partial charge is 0.337 e. The van der Waals surface area contributed by atoms with Crippen molar-refractivity contribution in [3.8, 4) is 0 Å². The van der Waals surface area contributed by atoms with Gasteiger partial charge >= 0.3 is 0 Å². The molecule has 1 heterocycles. The van der Waals surface area contributed by atoms with Crippen molar-refractivity contribution in [2.45, 2.75) is 25.7 Å². The van der Waals surface area contributed by atoms with Crippen LogP contribution in [0.1, 0.15) is 36.2 Å². The molecule has 5 nitrogen and oxygen atoms in total. The molecule has 1 aromatic rings. The lowest BCUT2D eigenvalue weighted by Crippen LogP contribution is -2.35. The maximum atomic E-state index is 12.5. The minimum Gasteiger partial charge on any atom is -0.337 e. The van der Waals surface area contributed by atoms with Gasteiger partial charge in [-0.2, -0.15) is 0 Å². The lowest BCUT2D eigenvalue weighted by Gasteiger charge is -2.22. The molecule has 1 aromatic heterocycles. The Morgan fingerprint density at radius 2 is 1.95 bits per heavy atom. The molecule has 0 spiro atoms. The van der Waals surface area contributed by atoms with E-state index in [0.717, 1.165) is 18.8 Å². The molecule has 0 saturated heterocycles. The smallest absolute Gasteiger partial charge is 0.272 e. The Morgan fingerprint density at radius 3 is 2.47 bits per heavy atom. The van der Waals surface area contributed by atoms with Gasteiger partial charge in [0.1, 0.15) is 5.69 Å². The minimum absolute atomic E-state index is 0.0379. The number of carbonyl (C=O) groups is 1. The Bertz CT molecular complexity index is 454. The molecule has 0 aromatic carbocycles. The SMILES string of the molecule is NNc1ccnc(C(=O)N(CC2CC2)CC2CC2)c1. The third-order valence-corrected chi connectivity index (χ3v) is 3.78. The summed E-state index contributed by atoms with van der Waals surface area (Å²) in [5, 5.41) is 0. The van der Waals surface area contributed by atoms with E-state index in [4.69, 9.17) is 5.84 Å². The zero-order valence-electron chi connectivity index (χ0n) is 11.0. The number of rotatable bonds is 6. The van der Waals surface area contributed by atoms with Gasteiger partial charge in [-0.1, -0.05) is 0 Å². The Kier molecular flexibility index (Phi) is 3.38. The fourth-order valence-electron chi connectivity index (χ4n) is 2.26. The van der Waals surface area contributed by atoms with E-state index in [1.54, 1.807) is 18.3 Å². The third kappa shape index (κ3) is 3.23. The number of pyridine rings is 1. The van der Waals surface area contributed by atoms with Crippen LogP contribution in [0.2, 0.25) is 0 Å². The van der Waals surface area contributed by atoms with Gasteiger partial charge in [-0.05, 0) is 49.7 Å². The van der Waals surface area contributed by atoms with Crippen LogP contribution in [-0.4, -0.2) is 28.9 Å². The van der Waals surface area contributed by atoms with Crippen LogP contribution in [0, 0.1) is 11.8 Å². The van der Waals surface area contributed by atoms with Crippen LogP contribution in [0.5, 0.6) is 0 Å². The molecule has 5 heteroatoms. The molecule has 1 amide bonds. The first-order chi connectivity index (χ1) is 9.26. The number of carbonyl (C=O) groups excluding carboxylic acids is 1. The molecular weight excluding hydrogens is 240 g/mol. The van der Waals surface area contributed by atoms with Crippen LogP contribution in [0.25, 0.3) is 0 Å². The summed E-state index contributed by atoms with van der Waals surface area (Å²) in [4.78, 5) is 18.7. The van der Waals surface area contributed by atoms with E-state index in [-0.39, 0.29) is 5.91 Å². The molecule has 3 N–H and O–H groups in total. The second-order valence-electron chi connectivity index (χ2n) is 5.67. The van der Waals surface area contributed by atoms with Crippen molar-refractivity contribution in [2.24, 2.45) is 17.7 Å². The van der Waals surface area contributed by atoms with E-state index >= 15 is 0 Å². The Hall–Kier alpha value is -1.62. The molecule has 2 aliphatic carbocycles. The predicted molar refractivity (Wildman–Crippen MR) is 73.4 cm³/mol. The van der Waals surface area contributed by atoms with Gasteiger partial charge in [0.2, 0.25) is 0 Å². The third-order valence-electron chi connectivity index (χ3n) is 3.78. The van der Waals surface area contributed by atoms with E-state index < -0.39 is 0 Å². The normalized spacial score (nSPS) is 18.2. The summed E-state index contributed by atoms with van der Waals surface area (Å²) < 4.78 is 0. The Labute approximate surface area is 113 Å². The zero-order valence-corrected chi connectivity index (χ0v) is 11.0. The topological polar surface area (TPSA) is 71.2 Å². The van der Waals surface area contributed by atoms with Crippen molar-refractivity contribution in [3.05, 3.63) is 24.0 Å². The van der Waals surface area contributed by atoms with E-state index in [1.165, 1.54) is 25.7 Å². The van der Waals surface area contributed by atoms with Gasteiger partial charge in [0.25, 0.3) is 5.91 Å². The number of hydrogen-bond acceptors (Lipinski definition) is 4. The highest BCUT2D eigenvalue weighted by atomic mass is 16.2. The highest BCUT2D eigenvalue weighted by Gasteiger charge is 2.32. The van der Waals surface area contributed by atoms with Gasteiger partial charge in [0.15, 0.2) is 0 Å². The Morgan fingerprint density at radius 1 is 1.32 bits per heavy atom. The van der Waals surface area contributed by atoms with Gasteiger partial charge in [0, 0.05) is 19.3 Å². The fraction of sp³-hybridized carbons (Fsp3) is 0.571. The first-order valence-corrected chi connectivity index (χ1v) is 6.98. The minimum atomic E-state index is 0.0379.